The van der Waals surface area contributed by atoms with Crippen molar-refractivity contribution in [2.45, 2.75) is 46.8 Å². The van der Waals surface area contributed by atoms with Crippen LogP contribution in [0.15, 0.2) is 6.33 Å². The van der Waals surface area contributed by atoms with Crippen molar-refractivity contribution in [1.82, 2.24) is 20.1 Å². The third kappa shape index (κ3) is 4.10. The van der Waals surface area contributed by atoms with Gasteiger partial charge in [-0.3, -0.25) is 10.1 Å². The highest BCUT2D eigenvalue weighted by atomic mass is 16.4. The molecule has 0 saturated carbocycles. The largest absolute Gasteiger partial charge is 0.480 e. The minimum atomic E-state index is -0.833. The van der Waals surface area contributed by atoms with Crippen LogP contribution in [0.1, 0.15) is 33.5 Å². The van der Waals surface area contributed by atoms with Crippen molar-refractivity contribution < 1.29 is 9.90 Å². The molecule has 0 bridgehead atoms. The fraction of sp³-hybridized carbons (Fsp3) is 0.750. The molecule has 0 aliphatic heterocycles. The van der Waals surface area contributed by atoms with Crippen LogP contribution in [0.25, 0.3) is 0 Å². The van der Waals surface area contributed by atoms with E-state index in [4.69, 9.17) is 5.11 Å². The Balaban J connectivity index is 2.62. The Morgan fingerprint density at radius 2 is 2.11 bits per heavy atom. The molecular weight excluding hydrogens is 232 g/mol. The molecule has 6 heteroatoms. The number of nitrogens with zero attached hydrogens (tertiary/aromatic N) is 3. The number of nitrogens with one attached hydrogen (secondary N) is 1. The molecule has 18 heavy (non-hydrogen) atoms. The summed E-state index contributed by atoms with van der Waals surface area (Å²) in [5.41, 5.74) is 0. The summed E-state index contributed by atoms with van der Waals surface area (Å²) in [7, 11) is 0. The lowest BCUT2D eigenvalue weighted by molar-refractivity contribution is -0.140. The third-order valence-electron chi connectivity index (χ3n) is 2.65. The summed E-state index contributed by atoms with van der Waals surface area (Å²) in [6.07, 6.45) is 1.50. The monoisotopic (exact) mass is 254 g/mol. The van der Waals surface area contributed by atoms with Crippen LogP contribution < -0.4 is 5.32 Å². The lowest BCUT2D eigenvalue weighted by Crippen LogP contribution is -2.41. The van der Waals surface area contributed by atoms with Crippen molar-refractivity contribution >= 4 is 5.97 Å². The standard InChI is InChI=1S/C12H22N4O2/c1-8(2)6-16-10(14-7-15-16)5-13-11(9(3)4)12(17)18/h7-9,11,13H,5-6H2,1-4H3,(H,17,18). The molecule has 0 spiro atoms. The summed E-state index contributed by atoms with van der Waals surface area (Å²) in [5, 5.41) is 16.2. The lowest BCUT2D eigenvalue weighted by atomic mass is 10.1. The molecule has 1 heterocycles. The van der Waals surface area contributed by atoms with Gasteiger partial charge in [0.25, 0.3) is 0 Å². The Morgan fingerprint density at radius 1 is 1.44 bits per heavy atom. The van der Waals surface area contributed by atoms with Gasteiger partial charge in [-0.05, 0) is 11.8 Å². The quantitative estimate of drug-likeness (QED) is 0.762. The molecule has 0 aromatic carbocycles. The third-order valence-corrected chi connectivity index (χ3v) is 2.65. The van der Waals surface area contributed by atoms with Crippen molar-refractivity contribution in [3.63, 3.8) is 0 Å². The predicted molar refractivity (Wildman–Crippen MR) is 68.0 cm³/mol. The van der Waals surface area contributed by atoms with E-state index < -0.39 is 12.0 Å². The topological polar surface area (TPSA) is 80.0 Å². The zero-order valence-electron chi connectivity index (χ0n) is 11.4. The van der Waals surface area contributed by atoms with Crippen LogP contribution in [0.3, 0.4) is 0 Å². The van der Waals surface area contributed by atoms with Crippen molar-refractivity contribution in [3.8, 4) is 0 Å². The molecule has 0 fully saturated rings. The maximum absolute atomic E-state index is 11.1. The number of carboxylic acid groups (broad SMARTS) is 1. The highest BCUT2D eigenvalue weighted by Gasteiger charge is 2.21. The molecule has 0 aliphatic rings. The summed E-state index contributed by atoms with van der Waals surface area (Å²) in [6, 6.07) is -0.561. The molecule has 0 amide bonds. The zero-order valence-corrected chi connectivity index (χ0v) is 11.4. The van der Waals surface area contributed by atoms with E-state index in [2.05, 4.69) is 29.2 Å². The predicted octanol–water partition coefficient (Wildman–Crippen LogP) is 1.13. The molecule has 0 aliphatic carbocycles. The van der Waals surface area contributed by atoms with Gasteiger partial charge in [0.2, 0.25) is 0 Å². The van der Waals surface area contributed by atoms with E-state index in [0.29, 0.717) is 12.5 Å². The normalized spacial score (nSPS) is 13.2. The average molecular weight is 254 g/mol. The highest BCUT2D eigenvalue weighted by Crippen LogP contribution is 2.05. The second kappa shape index (κ2) is 6.49. The van der Waals surface area contributed by atoms with Crippen LogP contribution in [0.4, 0.5) is 0 Å². The smallest absolute Gasteiger partial charge is 0.320 e. The number of rotatable bonds is 7. The molecule has 0 radical (unpaired) electrons. The molecule has 1 atom stereocenters. The SMILES string of the molecule is CC(C)Cn1ncnc1CNC(C(=O)O)C(C)C. The van der Waals surface area contributed by atoms with Crippen LogP contribution >= 0.6 is 0 Å². The van der Waals surface area contributed by atoms with Crippen molar-refractivity contribution in [3.05, 3.63) is 12.2 Å². The second-order valence-corrected chi connectivity index (χ2v) is 5.19. The van der Waals surface area contributed by atoms with Gasteiger partial charge in [-0.25, -0.2) is 9.67 Å². The summed E-state index contributed by atoms with van der Waals surface area (Å²) in [6.45, 7) is 9.17. The summed E-state index contributed by atoms with van der Waals surface area (Å²) < 4.78 is 1.82. The first kappa shape index (κ1) is 14.6. The number of carbonyl (C=O) groups is 1. The van der Waals surface area contributed by atoms with Crippen molar-refractivity contribution in [1.29, 1.82) is 0 Å². The van der Waals surface area contributed by atoms with Crippen molar-refractivity contribution in [2.24, 2.45) is 11.8 Å². The average Bonchev–Trinajstić information content (AvgIpc) is 2.64. The maximum atomic E-state index is 11.1. The minimum absolute atomic E-state index is 0.0315. The first-order valence-corrected chi connectivity index (χ1v) is 6.24. The summed E-state index contributed by atoms with van der Waals surface area (Å²) in [5.74, 6) is 0.449. The fourth-order valence-electron chi connectivity index (χ4n) is 1.73. The van der Waals surface area contributed by atoms with Gasteiger partial charge in [-0.15, -0.1) is 0 Å². The van der Waals surface area contributed by atoms with Crippen LogP contribution in [0.5, 0.6) is 0 Å². The number of aliphatic carboxylic acids is 1. The first-order chi connectivity index (χ1) is 8.41. The molecule has 0 saturated heterocycles. The number of hydrogen-bond donors (Lipinski definition) is 2. The van der Waals surface area contributed by atoms with Crippen molar-refractivity contribution in [2.75, 3.05) is 0 Å². The van der Waals surface area contributed by atoms with E-state index >= 15 is 0 Å². The minimum Gasteiger partial charge on any atom is -0.480 e. The van der Waals surface area contributed by atoms with E-state index in [-0.39, 0.29) is 5.92 Å². The van der Waals surface area contributed by atoms with Crippen LogP contribution in [0, 0.1) is 11.8 Å². The Hall–Kier alpha value is -1.43. The van der Waals surface area contributed by atoms with Gasteiger partial charge < -0.3 is 5.11 Å². The zero-order chi connectivity index (χ0) is 13.7. The number of hydrogen-bond acceptors (Lipinski definition) is 4. The maximum Gasteiger partial charge on any atom is 0.320 e. The van der Waals surface area contributed by atoms with Crippen LogP contribution in [0.2, 0.25) is 0 Å². The van der Waals surface area contributed by atoms with E-state index in [1.165, 1.54) is 6.33 Å². The van der Waals surface area contributed by atoms with E-state index in [1.54, 1.807) is 0 Å². The molecule has 1 aromatic heterocycles. The molecule has 1 rings (SSSR count). The molecule has 102 valence electrons. The molecule has 1 aromatic rings. The summed E-state index contributed by atoms with van der Waals surface area (Å²) >= 11 is 0. The molecule has 2 N–H and O–H groups in total. The molecule has 1 unspecified atom stereocenters. The highest BCUT2D eigenvalue weighted by molar-refractivity contribution is 5.73. The van der Waals surface area contributed by atoms with E-state index in [0.717, 1.165) is 12.4 Å². The van der Waals surface area contributed by atoms with Gasteiger partial charge in [0.1, 0.15) is 18.2 Å². The van der Waals surface area contributed by atoms with Gasteiger partial charge in [-0.1, -0.05) is 27.7 Å². The Labute approximate surface area is 107 Å². The number of aromatic nitrogens is 3. The lowest BCUT2D eigenvalue weighted by Gasteiger charge is -2.18. The second-order valence-electron chi connectivity index (χ2n) is 5.19. The van der Waals surface area contributed by atoms with Crippen LogP contribution in [-0.4, -0.2) is 31.9 Å². The molecular formula is C12H22N4O2. The van der Waals surface area contributed by atoms with Gasteiger partial charge >= 0.3 is 5.97 Å². The Morgan fingerprint density at radius 3 is 2.61 bits per heavy atom. The van der Waals surface area contributed by atoms with Gasteiger partial charge in [0.15, 0.2) is 0 Å². The summed E-state index contributed by atoms with van der Waals surface area (Å²) in [4.78, 5) is 15.2. The van der Waals surface area contributed by atoms with E-state index in [1.807, 2.05) is 18.5 Å². The Bertz CT molecular complexity index is 387. The van der Waals surface area contributed by atoms with Gasteiger partial charge in [-0.2, -0.15) is 5.10 Å². The molecule has 6 nitrogen and oxygen atoms in total. The Kier molecular flexibility index (Phi) is 5.27. The van der Waals surface area contributed by atoms with Crippen LogP contribution in [-0.2, 0) is 17.9 Å². The van der Waals surface area contributed by atoms with Gasteiger partial charge in [0.05, 0.1) is 6.54 Å². The van der Waals surface area contributed by atoms with E-state index in [9.17, 15) is 4.79 Å². The number of carboxylic acids is 1. The fourth-order valence-corrected chi connectivity index (χ4v) is 1.73. The first-order valence-electron chi connectivity index (χ1n) is 6.24. The van der Waals surface area contributed by atoms with Gasteiger partial charge in [0, 0.05) is 6.54 Å².